The average Bonchev–Trinajstić information content (AvgIpc) is 3.48. The van der Waals surface area contributed by atoms with Crippen LogP contribution in [0.5, 0.6) is 0 Å². The third-order valence-corrected chi connectivity index (χ3v) is 5.70. The van der Waals surface area contributed by atoms with Crippen LogP contribution in [0.25, 0.3) is 11.5 Å². The molecule has 1 fully saturated rings. The van der Waals surface area contributed by atoms with Gasteiger partial charge in [-0.15, -0.1) is 10.2 Å². The number of amides is 3. The number of benzene rings is 2. The summed E-state index contributed by atoms with van der Waals surface area (Å²) in [6.45, 7) is 0.161. The maximum absolute atomic E-state index is 13.2. The van der Waals surface area contributed by atoms with Crippen molar-refractivity contribution in [2.45, 2.75) is 25.4 Å². The lowest BCUT2D eigenvalue weighted by Crippen LogP contribution is -2.32. The Kier molecular flexibility index (Phi) is 4.59. The first-order valence-corrected chi connectivity index (χ1v) is 10.2. The number of hydrogen-bond acceptors (Lipinski definition) is 6. The summed E-state index contributed by atoms with van der Waals surface area (Å²) in [5.74, 6) is -0.348. The molecule has 1 aromatic heterocycles. The van der Waals surface area contributed by atoms with Crippen molar-refractivity contribution in [2.75, 3.05) is 7.05 Å². The molecule has 8 nitrogen and oxygen atoms in total. The van der Waals surface area contributed by atoms with E-state index in [0.717, 1.165) is 23.3 Å². The van der Waals surface area contributed by atoms with Crippen LogP contribution in [-0.4, -0.2) is 50.8 Å². The second-order valence-corrected chi connectivity index (χ2v) is 8.04. The van der Waals surface area contributed by atoms with Crippen molar-refractivity contribution in [1.29, 1.82) is 0 Å². The predicted octanol–water partition coefficient (Wildman–Crippen LogP) is 3.42. The zero-order valence-electron chi connectivity index (χ0n) is 16.5. The second-order valence-electron chi connectivity index (χ2n) is 7.60. The van der Waals surface area contributed by atoms with Gasteiger partial charge in [-0.3, -0.25) is 19.3 Å². The van der Waals surface area contributed by atoms with Crippen molar-refractivity contribution in [2.24, 2.45) is 0 Å². The fraction of sp³-hybridized carbons (Fsp3) is 0.227. The number of halogens is 1. The zero-order chi connectivity index (χ0) is 21.7. The first-order valence-electron chi connectivity index (χ1n) is 9.78. The fourth-order valence-corrected chi connectivity index (χ4v) is 3.71. The number of aromatic nitrogens is 2. The first kappa shape index (κ1) is 19.4. The molecule has 5 rings (SSSR count). The number of carbonyl (C=O) groups is 3. The smallest absolute Gasteiger partial charge is 0.261 e. The van der Waals surface area contributed by atoms with Crippen LogP contribution in [0.3, 0.4) is 0 Å². The summed E-state index contributed by atoms with van der Waals surface area (Å²) >= 11 is 5.92. The van der Waals surface area contributed by atoms with E-state index in [-0.39, 0.29) is 30.0 Å². The molecule has 0 bridgehead atoms. The van der Waals surface area contributed by atoms with E-state index in [0.29, 0.717) is 27.9 Å². The van der Waals surface area contributed by atoms with Crippen molar-refractivity contribution in [3.05, 3.63) is 70.1 Å². The lowest BCUT2D eigenvalue weighted by atomic mass is 10.0. The van der Waals surface area contributed by atoms with Gasteiger partial charge in [0.15, 0.2) is 0 Å². The lowest BCUT2D eigenvalue weighted by molar-refractivity contribution is 0.0691. The topological polar surface area (TPSA) is 96.6 Å². The molecule has 2 aromatic carbocycles. The van der Waals surface area contributed by atoms with Crippen LogP contribution in [0, 0.1) is 0 Å². The van der Waals surface area contributed by atoms with Crippen LogP contribution in [0.4, 0.5) is 0 Å². The molecule has 1 aliphatic heterocycles. The van der Waals surface area contributed by atoms with E-state index < -0.39 is 5.91 Å². The van der Waals surface area contributed by atoms with Gasteiger partial charge < -0.3 is 9.32 Å². The van der Waals surface area contributed by atoms with Crippen molar-refractivity contribution < 1.29 is 18.8 Å². The van der Waals surface area contributed by atoms with Gasteiger partial charge in [0.1, 0.15) is 0 Å². The van der Waals surface area contributed by atoms with E-state index in [9.17, 15) is 14.4 Å². The highest BCUT2D eigenvalue weighted by molar-refractivity contribution is 6.30. The molecule has 0 saturated heterocycles. The molecule has 0 radical (unpaired) electrons. The van der Waals surface area contributed by atoms with Crippen LogP contribution < -0.4 is 0 Å². The summed E-state index contributed by atoms with van der Waals surface area (Å²) in [6.07, 6.45) is 1.77. The van der Waals surface area contributed by atoms with E-state index >= 15 is 0 Å². The van der Waals surface area contributed by atoms with Crippen LogP contribution in [0.15, 0.2) is 46.9 Å². The normalized spacial score (nSPS) is 15.4. The van der Waals surface area contributed by atoms with E-state index in [1.165, 1.54) is 19.2 Å². The van der Waals surface area contributed by atoms with Gasteiger partial charge in [-0.05, 0) is 55.3 Å². The molecular formula is C22H17ClN4O4. The number of fused-ring (bicyclic) bond motifs is 1. The summed E-state index contributed by atoms with van der Waals surface area (Å²) in [6, 6.07) is 11.7. The Morgan fingerprint density at radius 1 is 1.10 bits per heavy atom. The van der Waals surface area contributed by atoms with Crippen LogP contribution >= 0.6 is 11.6 Å². The lowest BCUT2D eigenvalue weighted by Gasteiger charge is -2.20. The third-order valence-electron chi connectivity index (χ3n) is 5.45. The first-order chi connectivity index (χ1) is 14.9. The van der Waals surface area contributed by atoms with Crippen molar-refractivity contribution >= 4 is 29.3 Å². The monoisotopic (exact) mass is 436 g/mol. The highest BCUT2D eigenvalue weighted by Gasteiger charge is 2.37. The van der Waals surface area contributed by atoms with Crippen LogP contribution in [-0.2, 0) is 6.54 Å². The maximum Gasteiger partial charge on any atom is 0.261 e. The number of hydrogen-bond donors (Lipinski definition) is 0. The van der Waals surface area contributed by atoms with Crippen molar-refractivity contribution in [3.63, 3.8) is 0 Å². The zero-order valence-corrected chi connectivity index (χ0v) is 17.3. The highest BCUT2D eigenvalue weighted by atomic mass is 35.5. The maximum atomic E-state index is 13.2. The molecule has 9 heteroatoms. The Labute approximate surface area is 182 Å². The fourth-order valence-electron chi connectivity index (χ4n) is 3.59. The summed E-state index contributed by atoms with van der Waals surface area (Å²) < 4.78 is 5.76. The molecule has 3 aromatic rings. The molecule has 1 saturated carbocycles. The summed E-state index contributed by atoms with van der Waals surface area (Å²) in [5, 5.41) is 8.76. The van der Waals surface area contributed by atoms with E-state index in [1.54, 1.807) is 35.2 Å². The Morgan fingerprint density at radius 3 is 2.52 bits per heavy atom. The molecule has 0 atom stereocenters. The Morgan fingerprint density at radius 2 is 1.81 bits per heavy atom. The molecular weight excluding hydrogens is 420 g/mol. The van der Waals surface area contributed by atoms with Gasteiger partial charge in [0.05, 0.1) is 17.7 Å². The Hall–Kier alpha value is -3.52. The molecule has 3 amide bonds. The quantitative estimate of drug-likeness (QED) is 0.568. The Balaban J connectivity index is 1.39. The van der Waals surface area contributed by atoms with Gasteiger partial charge in [-0.25, -0.2) is 0 Å². The average molecular weight is 437 g/mol. The minimum Gasteiger partial charge on any atom is -0.419 e. The largest absolute Gasteiger partial charge is 0.419 e. The SMILES string of the molecule is CN1C(=O)c2ccc(C(=O)N(Cc3nnc(-c4ccc(Cl)cc4)o3)C3CC3)cc2C1=O. The highest BCUT2D eigenvalue weighted by Crippen LogP contribution is 2.31. The van der Waals surface area contributed by atoms with Gasteiger partial charge in [0, 0.05) is 29.2 Å². The molecule has 2 aliphatic rings. The molecule has 0 N–H and O–H groups in total. The van der Waals surface area contributed by atoms with Crippen LogP contribution in [0.1, 0.15) is 49.8 Å². The second kappa shape index (κ2) is 7.31. The number of carbonyl (C=O) groups excluding carboxylic acids is 3. The standard InChI is InChI=1S/C22H17ClN4O4/c1-26-21(29)16-9-4-13(10-17(16)22(26)30)20(28)27(15-7-8-15)11-18-24-25-19(31-18)12-2-5-14(23)6-3-12/h2-6,9-10,15H,7-8,11H2,1H3. The molecule has 2 heterocycles. The van der Waals surface area contributed by atoms with Gasteiger partial charge in [0.25, 0.3) is 17.7 Å². The third kappa shape index (κ3) is 3.48. The van der Waals surface area contributed by atoms with Crippen molar-refractivity contribution in [3.8, 4) is 11.5 Å². The molecule has 0 spiro atoms. The molecule has 31 heavy (non-hydrogen) atoms. The van der Waals surface area contributed by atoms with E-state index in [1.807, 2.05) is 0 Å². The molecule has 156 valence electrons. The van der Waals surface area contributed by atoms with Gasteiger partial charge in [0.2, 0.25) is 11.8 Å². The van der Waals surface area contributed by atoms with Gasteiger partial charge in [-0.2, -0.15) is 0 Å². The van der Waals surface area contributed by atoms with Crippen LogP contribution in [0.2, 0.25) is 5.02 Å². The number of imide groups is 1. The Bertz CT molecular complexity index is 1220. The van der Waals surface area contributed by atoms with E-state index in [2.05, 4.69) is 10.2 Å². The van der Waals surface area contributed by atoms with Gasteiger partial charge >= 0.3 is 0 Å². The summed E-state index contributed by atoms with van der Waals surface area (Å²) in [5.41, 5.74) is 1.64. The van der Waals surface area contributed by atoms with Gasteiger partial charge in [-0.1, -0.05) is 11.6 Å². The minimum atomic E-state index is -0.405. The predicted molar refractivity (Wildman–Crippen MR) is 111 cm³/mol. The van der Waals surface area contributed by atoms with Crippen molar-refractivity contribution in [1.82, 2.24) is 20.0 Å². The molecule has 1 aliphatic carbocycles. The molecule has 0 unspecified atom stereocenters. The number of nitrogens with zero attached hydrogens (tertiary/aromatic N) is 4. The summed E-state index contributed by atoms with van der Waals surface area (Å²) in [4.78, 5) is 40.3. The summed E-state index contributed by atoms with van der Waals surface area (Å²) in [7, 11) is 1.43. The number of rotatable bonds is 5. The van der Waals surface area contributed by atoms with E-state index in [4.69, 9.17) is 16.0 Å². The minimum absolute atomic E-state index is 0.0756.